The quantitative estimate of drug-likeness (QED) is 0.854. The second-order valence-electron chi connectivity index (χ2n) is 5.70. The lowest BCUT2D eigenvalue weighted by molar-refractivity contribution is -0.123. The summed E-state index contributed by atoms with van der Waals surface area (Å²) >= 11 is 0. The molecule has 5 heteroatoms. The lowest BCUT2D eigenvalue weighted by atomic mass is 10.0. The van der Waals surface area contributed by atoms with Gasteiger partial charge in [-0.3, -0.25) is 9.59 Å². The van der Waals surface area contributed by atoms with Gasteiger partial charge in [0.1, 0.15) is 18.3 Å². The molecular formula is C19H20N2O3. The molecule has 0 bridgehead atoms. The van der Waals surface area contributed by atoms with E-state index in [1.54, 1.807) is 0 Å². The zero-order valence-corrected chi connectivity index (χ0v) is 13.3. The summed E-state index contributed by atoms with van der Waals surface area (Å²) in [5.41, 5.74) is 1.96. The van der Waals surface area contributed by atoms with Gasteiger partial charge in [0.2, 0.25) is 11.8 Å². The lowest BCUT2D eigenvalue weighted by Gasteiger charge is -2.10. The van der Waals surface area contributed by atoms with E-state index < -0.39 is 0 Å². The SMILES string of the molecule is O=C(CCNC(=O)[C@@H]1COc2ccccc21)NCc1ccccc1. The fourth-order valence-corrected chi connectivity index (χ4v) is 2.69. The summed E-state index contributed by atoms with van der Waals surface area (Å²) in [4.78, 5) is 24.1. The number of hydrogen-bond donors (Lipinski definition) is 2. The van der Waals surface area contributed by atoms with Crippen LogP contribution in [0, 0.1) is 0 Å². The van der Waals surface area contributed by atoms with Gasteiger partial charge in [0, 0.05) is 25.1 Å². The molecule has 0 radical (unpaired) electrons. The van der Waals surface area contributed by atoms with E-state index in [-0.39, 0.29) is 24.2 Å². The Hall–Kier alpha value is -2.82. The van der Waals surface area contributed by atoms with Gasteiger partial charge in [-0.2, -0.15) is 0 Å². The number of benzene rings is 2. The third kappa shape index (κ3) is 3.93. The minimum Gasteiger partial charge on any atom is -0.492 e. The number of nitrogens with one attached hydrogen (secondary N) is 2. The van der Waals surface area contributed by atoms with Crippen molar-refractivity contribution in [1.29, 1.82) is 0 Å². The number of hydrogen-bond acceptors (Lipinski definition) is 3. The van der Waals surface area contributed by atoms with Crippen LogP contribution in [0.25, 0.3) is 0 Å². The van der Waals surface area contributed by atoms with Crippen LogP contribution >= 0.6 is 0 Å². The van der Waals surface area contributed by atoms with Gasteiger partial charge >= 0.3 is 0 Å². The highest BCUT2D eigenvalue weighted by Crippen LogP contribution is 2.33. The summed E-state index contributed by atoms with van der Waals surface area (Å²) in [5.74, 6) is 0.282. The third-order valence-electron chi connectivity index (χ3n) is 4.00. The van der Waals surface area contributed by atoms with Gasteiger partial charge in [0.25, 0.3) is 0 Å². The molecule has 124 valence electrons. The standard InChI is InChI=1S/C19H20N2O3/c22-18(21-12-14-6-2-1-3-7-14)10-11-20-19(23)16-13-24-17-9-5-4-8-15(16)17/h1-9,16H,10-13H2,(H,20,23)(H,21,22)/t16-/m1/s1. The number of para-hydroxylation sites is 1. The Morgan fingerprint density at radius 2 is 1.75 bits per heavy atom. The first-order valence-electron chi connectivity index (χ1n) is 8.04. The van der Waals surface area contributed by atoms with Crippen molar-refractivity contribution in [2.24, 2.45) is 0 Å². The van der Waals surface area contributed by atoms with Crippen molar-refractivity contribution >= 4 is 11.8 Å². The van der Waals surface area contributed by atoms with Crippen LogP contribution in [0.4, 0.5) is 0 Å². The summed E-state index contributed by atoms with van der Waals surface area (Å²) < 4.78 is 5.51. The number of amides is 2. The van der Waals surface area contributed by atoms with Crippen molar-refractivity contribution in [2.75, 3.05) is 13.2 Å². The molecule has 2 aromatic carbocycles. The van der Waals surface area contributed by atoms with Gasteiger partial charge in [-0.1, -0.05) is 48.5 Å². The van der Waals surface area contributed by atoms with Gasteiger partial charge in [0.05, 0.1) is 0 Å². The minimum absolute atomic E-state index is 0.0813. The van der Waals surface area contributed by atoms with Crippen LogP contribution in [0.5, 0.6) is 5.75 Å². The summed E-state index contributed by atoms with van der Waals surface area (Å²) in [5, 5.41) is 5.66. The number of ether oxygens (including phenoxy) is 1. The first-order chi connectivity index (χ1) is 11.7. The van der Waals surface area contributed by atoms with E-state index in [1.165, 1.54) is 0 Å². The van der Waals surface area contributed by atoms with Crippen molar-refractivity contribution in [3.63, 3.8) is 0 Å². The van der Waals surface area contributed by atoms with Gasteiger partial charge in [-0.05, 0) is 11.6 Å². The number of carbonyl (C=O) groups excluding carboxylic acids is 2. The molecule has 24 heavy (non-hydrogen) atoms. The molecular weight excluding hydrogens is 304 g/mol. The normalized spacial score (nSPS) is 15.2. The Morgan fingerprint density at radius 3 is 2.58 bits per heavy atom. The molecule has 0 unspecified atom stereocenters. The second-order valence-corrected chi connectivity index (χ2v) is 5.70. The molecule has 0 saturated carbocycles. The van der Waals surface area contributed by atoms with E-state index in [0.29, 0.717) is 19.7 Å². The van der Waals surface area contributed by atoms with E-state index in [4.69, 9.17) is 4.74 Å². The molecule has 2 amide bonds. The van der Waals surface area contributed by atoms with E-state index in [1.807, 2.05) is 54.6 Å². The Balaban J connectivity index is 1.40. The van der Waals surface area contributed by atoms with E-state index in [0.717, 1.165) is 16.9 Å². The second kappa shape index (κ2) is 7.64. The van der Waals surface area contributed by atoms with Crippen molar-refractivity contribution in [3.8, 4) is 5.75 Å². The maximum Gasteiger partial charge on any atom is 0.231 e. The van der Waals surface area contributed by atoms with Crippen molar-refractivity contribution < 1.29 is 14.3 Å². The molecule has 0 spiro atoms. The molecule has 0 aromatic heterocycles. The van der Waals surface area contributed by atoms with Crippen LogP contribution < -0.4 is 15.4 Å². The topological polar surface area (TPSA) is 67.4 Å². The molecule has 2 aromatic rings. The Bertz CT molecular complexity index is 716. The first-order valence-corrected chi connectivity index (χ1v) is 8.04. The maximum absolute atomic E-state index is 12.2. The molecule has 1 heterocycles. The van der Waals surface area contributed by atoms with Crippen LogP contribution in [0.15, 0.2) is 54.6 Å². The third-order valence-corrected chi connectivity index (χ3v) is 4.00. The van der Waals surface area contributed by atoms with Gasteiger partial charge in [0.15, 0.2) is 0 Å². The molecule has 1 atom stereocenters. The van der Waals surface area contributed by atoms with Crippen LogP contribution in [-0.2, 0) is 16.1 Å². The zero-order valence-electron chi connectivity index (χ0n) is 13.3. The van der Waals surface area contributed by atoms with E-state index in [2.05, 4.69) is 10.6 Å². The van der Waals surface area contributed by atoms with Crippen LogP contribution in [-0.4, -0.2) is 25.0 Å². The fourth-order valence-electron chi connectivity index (χ4n) is 2.69. The Kier molecular flexibility index (Phi) is 5.11. The van der Waals surface area contributed by atoms with Crippen LogP contribution in [0.2, 0.25) is 0 Å². The van der Waals surface area contributed by atoms with E-state index >= 15 is 0 Å². The highest BCUT2D eigenvalue weighted by Gasteiger charge is 2.29. The highest BCUT2D eigenvalue weighted by atomic mass is 16.5. The predicted molar refractivity (Wildman–Crippen MR) is 90.6 cm³/mol. The Labute approximate surface area is 141 Å². The first kappa shape index (κ1) is 16.1. The maximum atomic E-state index is 12.2. The molecule has 5 nitrogen and oxygen atoms in total. The fraction of sp³-hybridized carbons (Fsp3) is 0.263. The average Bonchev–Trinajstić information content (AvgIpc) is 3.05. The molecule has 0 aliphatic carbocycles. The van der Waals surface area contributed by atoms with Crippen LogP contribution in [0.1, 0.15) is 23.5 Å². The number of rotatable bonds is 6. The zero-order chi connectivity index (χ0) is 16.8. The van der Waals surface area contributed by atoms with Gasteiger partial charge in [-0.25, -0.2) is 0 Å². The summed E-state index contributed by atoms with van der Waals surface area (Å²) in [6.45, 7) is 1.17. The highest BCUT2D eigenvalue weighted by molar-refractivity contribution is 5.86. The predicted octanol–water partition coefficient (Wildman–Crippen LogP) is 1.99. The van der Waals surface area contributed by atoms with Crippen LogP contribution in [0.3, 0.4) is 0 Å². The molecule has 0 saturated heterocycles. The minimum atomic E-state index is -0.298. The summed E-state index contributed by atoms with van der Waals surface area (Å²) in [7, 11) is 0. The lowest BCUT2D eigenvalue weighted by Crippen LogP contribution is -2.34. The largest absolute Gasteiger partial charge is 0.492 e. The van der Waals surface area contributed by atoms with Crippen molar-refractivity contribution in [1.82, 2.24) is 10.6 Å². The Morgan fingerprint density at radius 1 is 1.00 bits per heavy atom. The van der Waals surface area contributed by atoms with Crippen molar-refractivity contribution in [3.05, 3.63) is 65.7 Å². The summed E-state index contributed by atoms with van der Waals surface area (Å²) in [6, 6.07) is 17.3. The monoisotopic (exact) mass is 324 g/mol. The van der Waals surface area contributed by atoms with E-state index in [9.17, 15) is 9.59 Å². The molecule has 1 aliphatic heterocycles. The average molecular weight is 324 g/mol. The molecule has 1 aliphatic rings. The molecule has 2 N–H and O–H groups in total. The van der Waals surface area contributed by atoms with Gasteiger partial charge in [-0.15, -0.1) is 0 Å². The number of carbonyl (C=O) groups is 2. The molecule has 0 fully saturated rings. The van der Waals surface area contributed by atoms with Gasteiger partial charge < -0.3 is 15.4 Å². The summed E-state index contributed by atoms with van der Waals surface area (Å²) in [6.07, 6.45) is 0.258. The molecule has 3 rings (SSSR count). The smallest absolute Gasteiger partial charge is 0.231 e. The van der Waals surface area contributed by atoms with Crippen molar-refractivity contribution in [2.45, 2.75) is 18.9 Å². The number of fused-ring (bicyclic) bond motifs is 1.